The first-order valence-electron chi connectivity index (χ1n) is 8.77. The summed E-state index contributed by atoms with van der Waals surface area (Å²) in [6, 6.07) is 6.99. The Labute approximate surface area is 142 Å². The van der Waals surface area contributed by atoms with Crippen LogP contribution in [0.4, 0.5) is 5.69 Å². The first-order valence-corrected chi connectivity index (χ1v) is 8.77. The van der Waals surface area contributed by atoms with Crippen LogP contribution in [0.3, 0.4) is 0 Å². The fourth-order valence-corrected chi connectivity index (χ4v) is 3.53. The molecule has 1 unspecified atom stereocenters. The van der Waals surface area contributed by atoms with Crippen molar-refractivity contribution in [3.8, 4) is 11.1 Å². The standard InChI is InChI=1S/C19H23N5/c1-13-20-10-15(11-21-13)14-7-8-18-17(9-14)19(23-12-22-18)24-16-5-3-2-4-6-16/h7-12,16,19,24H,2-6H2,1H3,(H,22,23). The van der Waals surface area contributed by atoms with E-state index in [-0.39, 0.29) is 6.17 Å². The highest BCUT2D eigenvalue weighted by Crippen LogP contribution is 2.32. The lowest BCUT2D eigenvalue weighted by atomic mass is 9.94. The molecule has 2 aromatic rings. The summed E-state index contributed by atoms with van der Waals surface area (Å²) in [6.45, 7) is 1.90. The summed E-state index contributed by atoms with van der Waals surface area (Å²) in [6.07, 6.45) is 12.1. The molecule has 124 valence electrons. The molecular formula is C19H23N5. The van der Waals surface area contributed by atoms with Crippen LogP contribution in [0.15, 0.2) is 35.6 Å². The summed E-state index contributed by atoms with van der Waals surface area (Å²) in [7, 11) is 0. The van der Waals surface area contributed by atoms with Crippen LogP contribution in [0.2, 0.25) is 0 Å². The van der Waals surface area contributed by atoms with Crippen LogP contribution in [0.1, 0.15) is 49.7 Å². The minimum absolute atomic E-state index is 0.0238. The quantitative estimate of drug-likeness (QED) is 0.902. The third kappa shape index (κ3) is 3.17. The molecule has 0 spiro atoms. The van der Waals surface area contributed by atoms with Crippen LogP contribution in [0, 0.1) is 6.92 Å². The lowest BCUT2D eigenvalue weighted by Crippen LogP contribution is -2.35. The number of aliphatic imine (C=N–C) groups is 1. The number of aromatic nitrogens is 2. The summed E-state index contributed by atoms with van der Waals surface area (Å²) >= 11 is 0. The van der Waals surface area contributed by atoms with E-state index in [4.69, 9.17) is 0 Å². The van der Waals surface area contributed by atoms with Crippen molar-refractivity contribution in [2.75, 3.05) is 5.32 Å². The van der Waals surface area contributed by atoms with Gasteiger partial charge in [0, 0.05) is 35.2 Å². The van der Waals surface area contributed by atoms with Crippen LogP contribution in [0.25, 0.3) is 11.1 Å². The number of aryl methyl sites for hydroxylation is 1. The van der Waals surface area contributed by atoms with Crippen LogP contribution in [-0.2, 0) is 0 Å². The van der Waals surface area contributed by atoms with E-state index >= 15 is 0 Å². The van der Waals surface area contributed by atoms with Crippen molar-refractivity contribution in [3.63, 3.8) is 0 Å². The predicted octanol–water partition coefficient (Wildman–Crippen LogP) is 3.83. The molecule has 0 saturated heterocycles. The highest BCUT2D eigenvalue weighted by atomic mass is 15.1. The second-order valence-electron chi connectivity index (χ2n) is 6.65. The molecule has 2 aliphatic rings. The van der Waals surface area contributed by atoms with E-state index in [1.807, 2.05) is 19.3 Å². The lowest BCUT2D eigenvalue weighted by molar-refractivity contribution is 0.342. The van der Waals surface area contributed by atoms with Crippen LogP contribution in [0.5, 0.6) is 0 Å². The Balaban J connectivity index is 1.61. The molecule has 0 bridgehead atoms. The van der Waals surface area contributed by atoms with E-state index in [1.54, 1.807) is 6.34 Å². The summed E-state index contributed by atoms with van der Waals surface area (Å²) in [5.74, 6) is 0.791. The Morgan fingerprint density at radius 1 is 1.04 bits per heavy atom. The lowest BCUT2D eigenvalue weighted by Gasteiger charge is -2.29. The molecule has 5 nitrogen and oxygen atoms in total. The van der Waals surface area contributed by atoms with Crippen LogP contribution < -0.4 is 10.6 Å². The van der Waals surface area contributed by atoms with Crippen molar-refractivity contribution < 1.29 is 0 Å². The highest BCUT2D eigenvalue weighted by molar-refractivity contribution is 5.82. The third-order valence-corrected chi connectivity index (χ3v) is 4.90. The molecular weight excluding hydrogens is 298 g/mol. The van der Waals surface area contributed by atoms with Gasteiger partial charge in [-0.25, -0.2) is 9.97 Å². The molecule has 2 heterocycles. The minimum atomic E-state index is 0.0238. The van der Waals surface area contributed by atoms with Gasteiger partial charge in [0.05, 0.1) is 6.34 Å². The number of nitrogens with one attached hydrogen (secondary N) is 2. The molecule has 1 aliphatic carbocycles. The summed E-state index contributed by atoms with van der Waals surface area (Å²) < 4.78 is 0. The second-order valence-corrected chi connectivity index (χ2v) is 6.65. The maximum Gasteiger partial charge on any atom is 0.129 e. The Hall–Kier alpha value is -2.27. The Morgan fingerprint density at radius 2 is 1.83 bits per heavy atom. The highest BCUT2D eigenvalue weighted by Gasteiger charge is 2.22. The summed E-state index contributed by atoms with van der Waals surface area (Å²) in [5, 5.41) is 6.99. The van der Waals surface area contributed by atoms with Crippen LogP contribution >= 0.6 is 0 Å². The summed E-state index contributed by atoms with van der Waals surface area (Å²) in [4.78, 5) is 13.3. The molecule has 0 radical (unpaired) electrons. The molecule has 1 aromatic carbocycles. The molecule has 1 atom stereocenters. The minimum Gasteiger partial charge on any atom is -0.346 e. The van der Waals surface area contributed by atoms with E-state index in [0.717, 1.165) is 22.6 Å². The maximum absolute atomic E-state index is 4.64. The number of benzene rings is 1. The number of anilines is 1. The zero-order chi connectivity index (χ0) is 16.4. The topological polar surface area (TPSA) is 62.2 Å². The summed E-state index contributed by atoms with van der Waals surface area (Å²) in [5.41, 5.74) is 4.48. The van der Waals surface area contributed by atoms with Crippen molar-refractivity contribution in [2.24, 2.45) is 4.99 Å². The van der Waals surface area contributed by atoms with E-state index in [1.165, 1.54) is 37.7 Å². The van der Waals surface area contributed by atoms with Gasteiger partial charge < -0.3 is 5.32 Å². The first-order chi connectivity index (χ1) is 11.8. The molecule has 5 heteroatoms. The van der Waals surface area contributed by atoms with E-state index in [0.29, 0.717) is 6.04 Å². The van der Waals surface area contributed by atoms with Gasteiger partial charge in [-0.3, -0.25) is 10.3 Å². The Kier molecular flexibility index (Phi) is 4.26. The Bertz CT molecular complexity index is 732. The van der Waals surface area contributed by atoms with Crippen molar-refractivity contribution >= 4 is 12.0 Å². The van der Waals surface area contributed by atoms with Gasteiger partial charge in [-0.05, 0) is 37.5 Å². The van der Waals surface area contributed by atoms with Gasteiger partial charge in [0.15, 0.2) is 0 Å². The monoisotopic (exact) mass is 321 g/mol. The van der Waals surface area contributed by atoms with Gasteiger partial charge in [-0.15, -0.1) is 0 Å². The zero-order valence-corrected chi connectivity index (χ0v) is 14.0. The zero-order valence-electron chi connectivity index (χ0n) is 14.0. The molecule has 24 heavy (non-hydrogen) atoms. The van der Waals surface area contributed by atoms with Gasteiger partial charge in [0.1, 0.15) is 12.0 Å². The predicted molar refractivity (Wildman–Crippen MR) is 97.1 cm³/mol. The normalized spacial score (nSPS) is 20.5. The van der Waals surface area contributed by atoms with Gasteiger partial charge in [-0.2, -0.15) is 0 Å². The number of rotatable bonds is 3. The fourth-order valence-electron chi connectivity index (χ4n) is 3.53. The molecule has 1 aromatic heterocycles. The van der Waals surface area contributed by atoms with Gasteiger partial charge in [-0.1, -0.05) is 25.3 Å². The maximum atomic E-state index is 4.64. The SMILES string of the molecule is Cc1ncc(-c2ccc3c(c2)C(NC2CCCCC2)N=CN3)cn1. The first kappa shape index (κ1) is 15.3. The average Bonchev–Trinajstić information content (AvgIpc) is 2.63. The average molecular weight is 321 g/mol. The third-order valence-electron chi connectivity index (χ3n) is 4.90. The Morgan fingerprint density at radius 3 is 2.62 bits per heavy atom. The molecule has 0 amide bonds. The van der Waals surface area contributed by atoms with Crippen molar-refractivity contribution in [1.82, 2.24) is 15.3 Å². The van der Waals surface area contributed by atoms with Gasteiger partial charge >= 0.3 is 0 Å². The molecule has 1 saturated carbocycles. The van der Waals surface area contributed by atoms with E-state index in [9.17, 15) is 0 Å². The van der Waals surface area contributed by atoms with Gasteiger partial charge in [0.25, 0.3) is 0 Å². The number of fused-ring (bicyclic) bond motifs is 1. The largest absolute Gasteiger partial charge is 0.346 e. The van der Waals surface area contributed by atoms with Gasteiger partial charge in [0.2, 0.25) is 0 Å². The van der Waals surface area contributed by atoms with Crippen molar-refractivity contribution in [2.45, 2.75) is 51.2 Å². The molecule has 4 rings (SSSR count). The molecule has 1 aliphatic heterocycles. The van der Waals surface area contributed by atoms with Crippen molar-refractivity contribution in [1.29, 1.82) is 0 Å². The second kappa shape index (κ2) is 6.69. The number of nitrogens with zero attached hydrogens (tertiary/aromatic N) is 3. The van der Waals surface area contributed by atoms with E-state index < -0.39 is 0 Å². The fraction of sp³-hybridized carbons (Fsp3) is 0.421. The number of hydrogen-bond acceptors (Lipinski definition) is 5. The molecule has 1 fully saturated rings. The smallest absolute Gasteiger partial charge is 0.129 e. The van der Waals surface area contributed by atoms with Crippen LogP contribution in [-0.4, -0.2) is 22.3 Å². The van der Waals surface area contributed by atoms with E-state index in [2.05, 4.69) is 43.8 Å². The molecule has 2 N–H and O–H groups in total. The number of hydrogen-bond donors (Lipinski definition) is 2. The van der Waals surface area contributed by atoms with Crippen molar-refractivity contribution in [3.05, 3.63) is 42.0 Å².